The van der Waals surface area contributed by atoms with E-state index in [1.807, 2.05) is 0 Å². The van der Waals surface area contributed by atoms with Crippen LogP contribution in [0.15, 0.2) is 17.0 Å². The molecule has 1 rings (SSSR count). The summed E-state index contributed by atoms with van der Waals surface area (Å²) in [6.45, 7) is 1.17. The van der Waals surface area contributed by atoms with Gasteiger partial charge in [0.05, 0.1) is 17.2 Å². The number of hydrogen-bond acceptors (Lipinski definition) is 4. The van der Waals surface area contributed by atoms with Crippen molar-refractivity contribution in [1.29, 1.82) is 0 Å². The first-order valence-electron chi connectivity index (χ1n) is 5.20. The minimum Gasteiger partial charge on any atom is -0.396 e. The lowest BCUT2D eigenvalue weighted by Gasteiger charge is -2.19. The van der Waals surface area contributed by atoms with Gasteiger partial charge in [0.1, 0.15) is 0 Å². The lowest BCUT2D eigenvalue weighted by atomic mass is 10.3. The van der Waals surface area contributed by atoms with Gasteiger partial charge in [0, 0.05) is 13.1 Å². The molecule has 0 aliphatic rings. The van der Waals surface area contributed by atoms with Crippen molar-refractivity contribution in [2.45, 2.75) is 11.8 Å². The van der Waals surface area contributed by atoms with Gasteiger partial charge in [-0.1, -0.05) is 6.92 Å². The highest BCUT2D eigenvalue weighted by atomic mass is 32.2. The van der Waals surface area contributed by atoms with Crippen molar-refractivity contribution >= 4 is 15.7 Å². The molecule has 0 saturated heterocycles. The first-order chi connectivity index (χ1) is 8.34. The van der Waals surface area contributed by atoms with Crippen LogP contribution in [0.25, 0.3) is 0 Å². The maximum absolute atomic E-state index is 13.1. The number of benzene rings is 1. The van der Waals surface area contributed by atoms with Gasteiger partial charge >= 0.3 is 0 Å². The van der Waals surface area contributed by atoms with Gasteiger partial charge in [-0.2, -0.15) is 4.31 Å². The number of sulfonamides is 1. The molecule has 0 amide bonds. The molecule has 0 bridgehead atoms. The minimum atomic E-state index is -3.99. The van der Waals surface area contributed by atoms with E-state index in [2.05, 4.69) is 0 Å². The number of halogens is 2. The summed E-state index contributed by atoms with van der Waals surface area (Å²) in [6.07, 6.45) is 0. The Morgan fingerprint density at radius 3 is 2.44 bits per heavy atom. The molecule has 0 saturated carbocycles. The molecular formula is C10H14F2N2O3S. The molecular weight excluding hydrogens is 266 g/mol. The van der Waals surface area contributed by atoms with Gasteiger partial charge in [-0.25, -0.2) is 17.2 Å². The van der Waals surface area contributed by atoms with Crippen molar-refractivity contribution < 1.29 is 22.3 Å². The molecule has 18 heavy (non-hydrogen) atoms. The van der Waals surface area contributed by atoms with Crippen LogP contribution in [0.2, 0.25) is 0 Å². The summed E-state index contributed by atoms with van der Waals surface area (Å²) in [6, 6.07) is 1.43. The van der Waals surface area contributed by atoms with E-state index in [9.17, 15) is 17.2 Å². The van der Waals surface area contributed by atoms with Crippen molar-refractivity contribution in [3.05, 3.63) is 23.8 Å². The van der Waals surface area contributed by atoms with Gasteiger partial charge in [-0.3, -0.25) is 0 Å². The lowest BCUT2D eigenvalue weighted by molar-refractivity contribution is 0.257. The maximum atomic E-state index is 13.1. The predicted molar refractivity (Wildman–Crippen MR) is 62.3 cm³/mol. The summed E-state index contributed by atoms with van der Waals surface area (Å²) in [7, 11) is -3.99. The van der Waals surface area contributed by atoms with Gasteiger partial charge in [0.25, 0.3) is 0 Å². The van der Waals surface area contributed by atoms with Gasteiger partial charge in [0.2, 0.25) is 10.0 Å². The Hall–Kier alpha value is -1.25. The predicted octanol–water partition coefficient (Wildman–Crippen LogP) is 0.550. The smallest absolute Gasteiger partial charge is 0.243 e. The molecule has 8 heteroatoms. The van der Waals surface area contributed by atoms with Crippen LogP contribution in [0, 0.1) is 11.6 Å². The zero-order valence-electron chi connectivity index (χ0n) is 9.73. The van der Waals surface area contributed by atoms with E-state index in [0.29, 0.717) is 6.07 Å². The van der Waals surface area contributed by atoms with Crippen LogP contribution in [-0.4, -0.2) is 37.5 Å². The summed E-state index contributed by atoms with van der Waals surface area (Å²) < 4.78 is 51.1. The fourth-order valence-corrected chi connectivity index (χ4v) is 2.93. The normalized spacial score (nSPS) is 12.1. The van der Waals surface area contributed by atoms with Crippen molar-refractivity contribution in [1.82, 2.24) is 4.31 Å². The van der Waals surface area contributed by atoms with Crippen molar-refractivity contribution in [3.8, 4) is 0 Å². The van der Waals surface area contributed by atoms with Crippen molar-refractivity contribution in [2.24, 2.45) is 0 Å². The topological polar surface area (TPSA) is 83.6 Å². The zero-order valence-corrected chi connectivity index (χ0v) is 10.5. The second kappa shape index (κ2) is 5.59. The molecule has 5 nitrogen and oxygen atoms in total. The van der Waals surface area contributed by atoms with Crippen molar-refractivity contribution in [3.63, 3.8) is 0 Å². The van der Waals surface area contributed by atoms with Gasteiger partial charge < -0.3 is 10.8 Å². The fourth-order valence-electron chi connectivity index (χ4n) is 1.44. The minimum absolute atomic E-state index is 0.0990. The first kappa shape index (κ1) is 14.8. The molecule has 0 aliphatic heterocycles. The van der Waals surface area contributed by atoms with Gasteiger partial charge in [-0.05, 0) is 12.1 Å². The number of likely N-dealkylation sites (N-methyl/N-ethyl adjacent to an activating group) is 1. The molecule has 0 unspecified atom stereocenters. The Labute approximate surface area is 104 Å². The average molecular weight is 280 g/mol. The molecule has 0 aliphatic carbocycles. The fraction of sp³-hybridized carbons (Fsp3) is 0.400. The summed E-state index contributed by atoms with van der Waals surface area (Å²) in [5.74, 6) is -2.60. The number of nitrogen functional groups attached to an aromatic ring is 1. The first-order valence-corrected chi connectivity index (χ1v) is 6.64. The third-order valence-electron chi connectivity index (χ3n) is 2.37. The molecule has 1 aromatic rings. The van der Waals surface area contributed by atoms with E-state index in [-0.39, 0.29) is 19.7 Å². The van der Waals surface area contributed by atoms with E-state index in [4.69, 9.17) is 10.8 Å². The highest BCUT2D eigenvalue weighted by molar-refractivity contribution is 7.89. The second-order valence-corrected chi connectivity index (χ2v) is 5.47. The molecule has 0 aromatic heterocycles. The second-order valence-electron chi connectivity index (χ2n) is 3.53. The van der Waals surface area contributed by atoms with Gasteiger partial charge in [0.15, 0.2) is 11.6 Å². The van der Waals surface area contributed by atoms with Crippen molar-refractivity contribution in [2.75, 3.05) is 25.4 Å². The quantitative estimate of drug-likeness (QED) is 0.772. The average Bonchev–Trinajstić information content (AvgIpc) is 2.31. The van der Waals surface area contributed by atoms with Gasteiger partial charge in [-0.15, -0.1) is 0 Å². The zero-order chi connectivity index (χ0) is 13.9. The van der Waals surface area contributed by atoms with Crippen LogP contribution in [0.3, 0.4) is 0 Å². The van der Waals surface area contributed by atoms with E-state index >= 15 is 0 Å². The molecule has 1 aromatic carbocycles. The Balaban J connectivity index is 3.28. The molecule has 102 valence electrons. The van der Waals surface area contributed by atoms with E-state index in [0.717, 1.165) is 10.4 Å². The number of nitrogens with two attached hydrogens (primary N) is 1. The van der Waals surface area contributed by atoms with Crippen LogP contribution in [0.1, 0.15) is 6.92 Å². The third-order valence-corrected chi connectivity index (χ3v) is 4.32. The summed E-state index contributed by atoms with van der Waals surface area (Å²) >= 11 is 0. The number of rotatable bonds is 5. The Bertz CT molecular complexity index is 511. The summed E-state index contributed by atoms with van der Waals surface area (Å²) in [5, 5.41) is 8.77. The molecule has 3 N–H and O–H groups in total. The number of anilines is 1. The van der Waals surface area contributed by atoms with E-state index in [1.54, 1.807) is 6.92 Å². The van der Waals surface area contributed by atoms with Crippen LogP contribution in [0.4, 0.5) is 14.5 Å². The Morgan fingerprint density at radius 1 is 1.39 bits per heavy atom. The highest BCUT2D eigenvalue weighted by Crippen LogP contribution is 2.22. The number of hydrogen-bond donors (Lipinski definition) is 2. The van der Waals surface area contributed by atoms with E-state index < -0.39 is 32.2 Å². The largest absolute Gasteiger partial charge is 0.396 e. The number of nitrogens with zero attached hydrogens (tertiary/aromatic N) is 1. The standard InChI is InChI=1S/C10H14F2N2O3S/c1-2-14(3-4-15)18(16,17)7-5-8(11)10(12)9(13)6-7/h5-6,15H,2-4,13H2,1H3. The lowest BCUT2D eigenvalue weighted by Crippen LogP contribution is -2.33. The Morgan fingerprint density at radius 2 is 2.00 bits per heavy atom. The molecule has 0 heterocycles. The molecule has 0 fully saturated rings. The Kier molecular flexibility index (Phi) is 4.60. The van der Waals surface area contributed by atoms with Crippen LogP contribution >= 0.6 is 0 Å². The van der Waals surface area contributed by atoms with Crippen LogP contribution in [-0.2, 0) is 10.0 Å². The maximum Gasteiger partial charge on any atom is 0.243 e. The number of aliphatic hydroxyl groups excluding tert-OH is 1. The third kappa shape index (κ3) is 2.77. The van der Waals surface area contributed by atoms with E-state index in [1.165, 1.54) is 0 Å². The van der Waals surface area contributed by atoms with Crippen LogP contribution in [0.5, 0.6) is 0 Å². The highest BCUT2D eigenvalue weighted by Gasteiger charge is 2.24. The molecule has 0 spiro atoms. The SMILES string of the molecule is CCN(CCO)S(=O)(=O)c1cc(N)c(F)c(F)c1. The summed E-state index contributed by atoms with van der Waals surface area (Å²) in [4.78, 5) is -0.436. The monoisotopic (exact) mass is 280 g/mol. The molecule has 0 radical (unpaired) electrons. The van der Waals surface area contributed by atoms with Crippen LogP contribution < -0.4 is 5.73 Å². The molecule has 0 atom stereocenters. The summed E-state index contributed by atoms with van der Waals surface area (Å²) in [5.41, 5.74) is 4.61. The number of aliphatic hydroxyl groups is 1.